The lowest BCUT2D eigenvalue weighted by atomic mass is 10.2. The van der Waals surface area contributed by atoms with E-state index in [1.165, 1.54) is 18.2 Å². The summed E-state index contributed by atoms with van der Waals surface area (Å²) >= 11 is 0. The smallest absolute Gasteiger partial charge is 0.254 e. The summed E-state index contributed by atoms with van der Waals surface area (Å²) in [7, 11) is 0. The Kier molecular flexibility index (Phi) is 3.91. The van der Waals surface area contributed by atoms with Crippen molar-refractivity contribution in [1.29, 1.82) is 0 Å². The third-order valence-electron chi connectivity index (χ3n) is 3.02. The van der Waals surface area contributed by atoms with E-state index in [2.05, 4.69) is 15.5 Å². The first-order valence-corrected chi connectivity index (χ1v) is 6.65. The van der Waals surface area contributed by atoms with Gasteiger partial charge in [-0.1, -0.05) is 47.6 Å². The van der Waals surface area contributed by atoms with Gasteiger partial charge in [-0.3, -0.25) is 4.79 Å². The molecule has 1 aromatic heterocycles. The topological polar surface area (TPSA) is 68.0 Å². The summed E-state index contributed by atoms with van der Waals surface area (Å²) in [6.45, 7) is 0.0347. The van der Waals surface area contributed by atoms with E-state index in [1.54, 1.807) is 6.07 Å². The van der Waals surface area contributed by atoms with Gasteiger partial charge in [0, 0.05) is 5.56 Å². The first-order valence-electron chi connectivity index (χ1n) is 6.65. The van der Waals surface area contributed by atoms with Gasteiger partial charge in [-0.2, -0.15) is 4.98 Å². The fourth-order valence-corrected chi connectivity index (χ4v) is 1.93. The number of hydrogen-bond donors (Lipinski definition) is 1. The average molecular weight is 297 g/mol. The third-order valence-corrected chi connectivity index (χ3v) is 3.02. The Balaban J connectivity index is 1.67. The lowest BCUT2D eigenvalue weighted by Crippen LogP contribution is -2.23. The Morgan fingerprint density at radius 3 is 2.59 bits per heavy atom. The molecule has 0 fully saturated rings. The number of benzene rings is 2. The van der Waals surface area contributed by atoms with E-state index >= 15 is 0 Å². The second-order valence-corrected chi connectivity index (χ2v) is 4.54. The summed E-state index contributed by atoms with van der Waals surface area (Å²) in [6, 6.07) is 15.1. The summed E-state index contributed by atoms with van der Waals surface area (Å²) in [5.41, 5.74) is 0.795. The fraction of sp³-hybridized carbons (Fsp3) is 0.0625. The van der Waals surface area contributed by atoms with E-state index in [0.717, 1.165) is 5.56 Å². The summed E-state index contributed by atoms with van der Waals surface area (Å²) in [6.07, 6.45) is 0. The van der Waals surface area contributed by atoms with Crippen LogP contribution in [-0.4, -0.2) is 16.0 Å². The molecular weight excluding hydrogens is 285 g/mol. The van der Waals surface area contributed by atoms with E-state index in [1.807, 2.05) is 30.3 Å². The number of amides is 1. The Bertz CT molecular complexity index is 787. The largest absolute Gasteiger partial charge is 0.343 e. The van der Waals surface area contributed by atoms with Crippen LogP contribution in [0, 0.1) is 5.82 Å². The molecule has 0 spiro atoms. The number of carbonyl (C=O) groups is 1. The van der Waals surface area contributed by atoms with E-state index in [-0.39, 0.29) is 18.0 Å². The van der Waals surface area contributed by atoms with Crippen molar-refractivity contribution in [1.82, 2.24) is 15.5 Å². The number of nitrogens with zero attached hydrogens (tertiary/aromatic N) is 2. The molecule has 5 nitrogen and oxygen atoms in total. The van der Waals surface area contributed by atoms with Crippen LogP contribution in [0.2, 0.25) is 0 Å². The molecule has 1 heterocycles. The highest BCUT2D eigenvalue weighted by atomic mass is 19.1. The molecule has 1 amide bonds. The van der Waals surface area contributed by atoms with Crippen molar-refractivity contribution in [2.75, 3.05) is 0 Å². The SMILES string of the molecule is O=C(NCc1nc(-c2ccccc2)no1)c1ccccc1F. The second-order valence-electron chi connectivity index (χ2n) is 4.54. The van der Waals surface area contributed by atoms with E-state index in [9.17, 15) is 9.18 Å². The molecule has 3 rings (SSSR count). The van der Waals surface area contributed by atoms with Crippen LogP contribution >= 0.6 is 0 Å². The lowest BCUT2D eigenvalue weighted by molar-refractivity contribution is 0.0942. The van der Waals surface area contributed by atoms with Crippen molar-refractivity contribution < 1.29 is 13.7 Å². The summed E-state index contributed by atoms with van der Waals surface area (Å²) in [4.78, 5) is 16.1. The molecule has 2 aromatic carbocycles. The van der Waals surface area contributed by atoms with Crippen molar-refractivity contribution in [2.24, 2.45) is 0 Å². The molecule has 0 bridgehead atoms. The Hall–Kier alpha value is -3.02. The van der Waals surface area contributed by atoms with Gasteiger partial charge in [-0.05, 0) is 12.1 Å². The van der Waals surface area contributed by atoms with Crippen molar-refractivity contribution >= 4 is 5.91 Å². The molecule has 0 saturated carbocycles. The predicted octanol–water partition coefficient (Wildman–Crippen LogP) is 2.81. The number of rotatable bonds is 4. The molecule has 1 N–H and O–H groups in total. The average Bonchev–Trinajstić information content (AvgIpc) is 3.03. The van der Waals surface area contributed by atoms with Gasteiger partial charge in [0.15, 0.2) is 0 Å². The minimum Gasteiger partial charge on any atom is -0.343 e. The summed E-state index contributed by atoms with van der Waals surface area (Å²) in [5.74, 6) is -0.410. The maximum atomic E-state index is 13.5. The predicted molar refractivity (Wildman–Crippen MR) is 77.3 cm³/mol. The molecule has 0 aliphatic carbocycles. The summed E-state index contributed by atoms with van der Waals surface area (Å²) in [5, 5.41) is 6.39. The van der Waals surface area contributed by atoms with E-state index in [4.69, 9.17) is 4.52 Å². The number of aromatic nitrogens is 2. The Labute approximate surface area is 125 Å². The van der Waals surface area contributed by atoms with Gasteiger partial charge in [0.1, 0.15) is 5.82 Å². The zero-order valence-electron chi connectivity index (χ0n) is 11.5. The van der Waals surface area contributed by atoms with Crippen LogP contribution in [0.25, 0.3) is 11.4 Å². The molecule has 0 atom stereocenters. The zero-order valence-corrected chi connectivity index (χ0v) is 11.5. The minimum absolute atomic E-state index is 0.0229. The van der Waals surface area contributed by atoms with Gasteiger partial charge in [-0.15, -0.1) is 0 Å². The quantitative estimate of drug-likeness (QED) is 0.804. The van der Waals surface area contributed by atoms with Gasteiger partial charge in [0.05, 0.1) is 12.1 Å². The van der Waals surface area contributed by atoms with Gasteiger partial charge in [0.2, 0.25) is 11.7 Å². The van der Waals surface area contributed by atoms with Gasteiger partial charge in [0.25, 0.3) is 5.91 Å². The van der Waals surface area contributed by atoms with Crippen LogP contribution in [0.4, 0.5) is 4.39 Å². The van der Waals surface area contributed by atoms with Gasteiger partial charge >= 0.3 is 0 Å². The van der Waals surface area contributed by atoms with Crippen molar-refractivity contribution in [3.8, 4) is 11.4 Å². The molecule has 0 aliphatic heterocycles. The molecule has 22 heavy (non-hydrogen) atoms. The van der Waals surface area contributed by atoms with Gasteiger partial charge in [-0.25, -0.2) is 4.39 Å². The fourth-order valence-electron chi connectivity index (χ4n) is 1.93. The third kappa shape index (κ3) is 3.01. The number of carbonyl (C=O) groups excluding carboxylic acids is 1. The first kappa shape index (κ1) is 13.9. The zero-order chi connectivity index (χ0) is 15.4. The first-order chi connectivity index (χ1) is 10.7. The Morgan fingerprint density at radius 2 is 1.82 bits per heavy atom. The highest BCUT2D eigenvalue weighted by Crippen LogP contribution is 2.14. The molecule has 6 heteroatoms. The van der Waals surface area contributed by atoms with Crippen LogP contribution in [0.1, 0.15) is 16.2 Å². The maximum absolute atomic E-state index is 13.5. The van der Waals surface area contributed by atoms with Crippen LogP contribution in [0.3, 0.4) is 0 Å². The number of nitrogens with one attached hydrogen (secondary N) is 1. The molecular formula is C16H12FN3O2. The molecule has 0 saturated heterocycles. The number of hydrogen-bond acceptors (Lipinski definition) is 4. The van der Waals surface area contributed by atoms with Crippen molar-refractivity contribution in [3.63, 3.8) is 0 Å². The minimum atomic E-state index is -0.574. The van der Waals surface area contributed by atoms with Crippen LogP contribution in [-0.2, 0) is 6.54 Å². The van der Waals surface area contributed by atoms with Crippen molar-refractivity contribution in [3.05, 3.63) is 71.9 Å². The molecule has 3 aromatic rings. The van der Waals surface area contributed by atoms with Crippen molar-refractivity contribution in [2.45, 2.75) is 6.54 Å². The van der Waals surface area contributed by atoms with Crippen LogP contribution < -0.4 is 5.32 Å². The van der Waals surface area contributed by atoms with E-state index in [0.29, 0.717) is 5.82 Å². The summed E-state index contributed by atoms with van der Waals surface area (Å²) < 4.78 is 18.5. The molecule has 110 valence electrons. The number of halogens is 1. The highest BCUT2D eigenvalue weighted by molar-refractivity contribution is 5.94. The molecule has 0 aliphatic rings. The van der Waals surface area contributed by atoms with Gasteiger partial charge < -0.3 is 9.84 Å². The lowest BCUT2D eigenvalue weighted by Gasteiger charge is -2.02. The maximum Gasteiger partial charge on any atom is 0.254 e. The standard InChI is InChI=1S/C16H12FN3O2/c17-13-9-5-4-8-12(13)16(21)18-10-14-19-15(20-22-14)11-6-2-1-3-7-11/h1-9H,10H2,(H,18,21). The van der Waals surface area contributed by atoms with Crippen LogP contribution in [0.15, 0.2) is 59.1 Å². The molecule has 0 radical (unpaired) electrons. The highest BCUT2D eigenvalue weighted by Gasteiger charge is 2.13. The monoisotopic (exact) mass is 297 g/mol. The molecule has 0 unspecified atom stereocenters. The van der Waals surface area contributed by atoms with Crippen LogP contribution in [0.5, 0.6) is 0 Å². The van der Waals surface area contributed by atoms with E-state index < -0.39 is 11.7 Å². The normalized spacial score (nSPS) is 10.4. The second kappa shape index (κ2) is 6.17. The Morgan fingerprint density at radius 1 is 1.09 bits per heavy atom.